The zero-order valence-electron chi connectivity index (χ0n) is 17.7. The van der Waals surface area contributed by atoms with Gasteiger partial charge in [-0.3, -0.25) is 4.79 Å². The third-order valence-corrected chi connectivity index (χ3v) is 6.83. The van der Waals surface area contributed by atoms with E-state index >= 15 is 0 Å². The van der Waals surface area contributed by atoms with E-state index in [2.05, 4.69) is 10.2 Å². The Morgan fingerprint density at radius 1 is 1.00 bits per heavy atom. The van der Waals surface area contributed by atoms with Crippen molar-refractivity contribution in [2.45, 2.75) is 38.1 Å². The van der Waals surface area contributed by atoms with E-state index in [9.17, 15) is 9.59 Å². The molecule has 2 aliphatic rings. The summed E-state index contributed by atoms with van der Waals surface area (Å²) in [6, 6.07) is 17.1. The third-order valence-electron chi connectivity index (χ3n) is 6.83. The number of rotatable bonds is 4. The van der Waals surface area contributed by atoms with Crippen LogP contribution in [0.5, 0.6) is 0 Å². The summed E-state index contributed by atoms with van der Waals surface area (Å²) >= 11 is 0. The summed E-state index contributed by atoms with van der Waals surface area (Å²) < 4.78 is 5.46. The molecular formula is C26H28N2O3. The van der Waals surface area contributed by atoms with Gasteiger partial charge in [0.05, 0.1) is 5.56 Å². The Balaban J connectivity index is 1.32. The van der Waals surface area contributed by atoms with Crippen LogP contribution in [0.15, 0.2) is 63.8 Å². The van der Waals surface area contributed by atoms with Gasteiger partial charge in [0.15, 0.2) is 0 Å². The maximum Gasteiger partial charge on any atom is 0.344 e. The third kappa shape index (κ3) is 4.15. The van der Waals surface area contributed by atoms with Gasteiger partial charge in [0.25, 0.3) is 5.91 Å². The van der Waals surface area contributed by atoms with Crippen LogP contribution >= 0.6 is 0 Å². The molecule has 3 heterocycles. The number of carbonyl (C=O) groups excluding carboxylic acids is 1. The highest BCUT2D eigenvalue weighted by atomic mass is 16.4. The smallest absolute Gasteiger partial charge is 0.344 e. The summed E-state index contributed by atoms with van der Waals surface area (Å²) in [5.41, 5.74) is 1.91. The van der Waals surface area contributed by atoms with E-state index in [0.717, 1.165) is 5.39 Å². The average Bonchev–Trinajstić information content (AvgIpc) is 2.82. The molecule has 5 nitrogen and oxygen atoms in total. The number of hydrogen-bond donors (Lipinski definition) is 1. The molecule has 0 radical (unpaired) electrons. The molecule has 2 fully saturated rings. The molecular weight excluding hydrogens is 388 g/mol. The van der Waals surface area contributed by atoms with Gasteiger partial charge in [0.2, 0.25) is 0 Å². The average molecular weight is 417 g/mol. The van der Waals surface area contributed by atoms with Crippen LogP contribution in [0.2, 0.25) is 0 Å². The summed E-state index contributed by atoms with van der Waals surface area (Å²) in [5, 5.41) is 4.02. The molecule has 3 aromatic rings. The van der Waals surface area contributed by atoms with Crippen LogP contribution in [-0.4, -0.2) is 36.5 Å². The first kappa shape index (κ1) is 20.0. The fraction of sp³-hybridized carbons (Fsp3) is 0.385. The quantitative estimate of drug-likeness (QED) is 0.638. The molecule has 1 N–H and O–H groups in total. The number of para-hydroxylation sites is 1. The molecule has 2 aliphatic heterocycles. The molecule has 2 saturated heterocycles. The number of carbonyl (C=O) groups is 1. The predicted molar refractivity (Wildman–Crippen MR) is 122 cm³/mol. The minimum atomic E-state index is -0.393. The van der Waals surface area contributed by atoms with Crippen molar-refractivity contribution in [1.29, 1.82) is 0 Å². The van der Waals surface area contributed by atoms with E-state index in [-0.39, 0.29) is 5.91 Å². The molecule has 2 atom stereocenters. The SMILES string of the molecule is O=C(NC[C@H]1CCCN2CCCC[C@H]12)c1cccc(-c2cc3ccccc3oc2=O)c1. The molecule has 0 bridgehead atoms. The van der Waals surface area contributed by atoms with Gasteiger partial charge in [0, 0.05) is 23.5 Å². The van der Waals surface area contributed by atoms with Crippen molar-refractivity contribution in [1.82, 2.24) is 10.2 Å². The first-order valence-electron chi connectivity index (χ1n) is 11.3. The lowest BCUT2D eigenvalue weighted by Crippen LogP contribution is -2.51. The Morgan fingerprint density at radius 3 is 2.81 bits per heavy atom. The fourth-order valence-electron chi connectivity index (χ4n) is 5.23. The lowest BCUT2D eigenvalue weighted by atomic mass is 9.83. The summed E-state index contributed by atoms with van der Waals surface area (Å²) in [7, 11) is 0. The summed E-state index contributed by atoms with van der Waals surface area (Å²) in [6.45, 7) is 3.11. The standard InChI is InChI=1S/C26H28N2O3/c29-25(27-17-21-10-6-14-28-13-4-3-11-23(21)28)20-9-5-8-18(15-20)22-16-19-7-1-2-12-24(19)31-26(22)30/h1-2,5,7-9,12,15-16,21,23H,3-4,6,10-11,13-14,17H2,(H,27,29)/t21-,23-/m1/s1. The van der Waals surface area contributed by atoms with Crippen molar-refractivity contribution in [3.05, 3.63) is 70.6 Å². The number of nitrogens with zero attached hydrogens (tertiary/aromatic N) is 1. The largest absolute Gasteiger partial charge is 0.422 e. The van der Waals surface area contributed by atoms with Crippen LogP contribution in [0.25, 0.3) is 22.1 Å². The van der Waals surface area contributed by atoms with Crippen molar-refractivity contribution >= 4 is 16.9 Å². The second kappa shape index (κ2) is 8.67. The van der Waals surface area contributed by atoms with Gasteiger partial charge in [0.1, 0.15) is 5.58 Å². The van der Waals surface area contributed by atoms with Gasteiger partial charge in [-0.1, -0.05) is 36.8 Å². The maximum atomic E-state index is 12.9. The zero-order chi connectivity index (χ0) is 21.2. The number of amides is 1. The Kier molecular flexibility index (Phi) is 5.60. The molecule has 160 valence electrons. The van der Waals surface area contributed by atoms with Crippen LogP contribution in [0.4, 0.5) is 0 Å². The van der Waals surface area contributed by atoms with Crippen LogP contribution in [0, 0.1) is 5.92 Å². The van der Waals surface area contributed by atoms with Crippen molar-refractivity contribution in [2.24, 2.45) is 5.92 Å². The topological polar surface area (TPSA) is 62.6 Å². The van der Waals surface area contributed by atoms with Crippen LogP contribution < -0.4 is 10.9 Å². The maximum absolute atomic E-state index is 12.9. The highest BCUT2D eigenvalue weighted by molar-refractivity contribution is 5.95. The van der Waals surface area contributed by atoms with Crippen molar-refractivity contribution in [2.75, 3.05) is 19.6 Å². The van der Waals surface area contributed by atoms with E-state index in [1.807, 2.05) is 36.4 Å². The summed E-state index contributed by atoms with van der Waals surface area (Å²) in [5.74, 6) is 0.439. The van der Waals surface area contributed by atoms with E-state index < -0.39 is 5.63 Å². The Morgan fingerprint density at radius 2 is 1.87 bits per heavy atom. The van der Waals surface area contributed by atoms with Crippen molar-refractivity contribution in [3.8, 4) is 11.1 Å². The summed E-state index contributed by atoms with van der Waals surface area (Å²) in [6.07, 6.45) is 6.23. The monoisotopic (exact) mass is 416 g/mol. The van der Waals surface area contributed by atoms with E-state index in [4.69, 9.17) is 4.42 Å². The molecule has 2 aromatic carbocycles. The number of piperidine rings is 2. The van der Waals surface area contributed by atoms with Gasteiger partial charge >= 0.3 is 5.63 Å². The Labute approximate surface area is 182 Å². The molecule has 5 rings (SSSR count). The van der Waals surface area contributed by atoms with E-state index in [0.29, 0.717) is 40.8 Å². The molecule has 0 aliphatic carbocycles. The Hall–Kier alpha value is -2.92. The zero-order valence-corrected chi connectivity index (χ0v) is 17.7. The number of nitrogens with one attached hydrogen (secondary N) is 1. The van der Waals surface area contributed by atoms with Gasteiger partial charge in [-0.2, -0.15) is 0 Å². The number of hydrogen-bond acceptors (Lipinski definition) is 4. The minimum absolute atomic E-state index is 0.0834. The second-order valence-corrected chi connectivity index (χ2v) is 8.78. The lowest BCUT2D eigenvalue weighted by molar-refractivity contribution is 0.0575. The van der Waals surface area contributed by atoms with Crippen LogP contribution in [0.3, 0.4) is 0 Å². The molecule has 31 heavy (non-hydrogen) atoms. The van der Waals surface area contributed by atoms with Crippen molar-refractivity contribution in [3.63, 3.8) is 0 Å². The van der Waals surface area contributed by atoms with Gasteiger partial charge < -0.3 is 14.6 Å². The predicted octanol–water partition coefficient (Wildman–Crippen LogP) is 4.45. The highest BCUT2D eigenvalue weighted by Gasteiger charge is 2.32. The lowest BCUT2D eigenvalue weighted by Gasteiger charge is -2.44. The highest BCUT2D eigenvalue weighted by Crippen LogP contribution is 2.30. The minimum Gasteiger partial charge on any atom is -0.422 e. The molecule has 0 saturated carbocycles. The fourth-order valence-corrected chi connectivity index (χ4v) is 5.23. The van der Waals surface area contributed by atoms with Gasteiger partial charge in [-0.05, 0) is 74.5 Å². The normalized spacial score (nSPS) is 21.5. The van der Waals surface area contributed by atoms with E-state index in [1.165, 1.54) is 45.2 Å². The molecule has 0 spiro atoms. The van der Waals surface area contributed by atoms with Gasteiger partial charge in [-0.25, -0.2) is 4.79 Å². The molecule has 5 heteroatoms. The first-order valence-corrected chi connectivity index (χ1v) is 11.3. The molecule has 1 amide bonds. The van der Waals surface area contributed by atoms with Gasteiger partial charge in [-0.15, -0.1) is 0 Å². The van der Waals surface area contributed by atoms with Crippen molar-refractivity contribution < 1.29 is 9.21 Å². The first-order chi connectivity index (χ1) is 15.2. The second-order valence-electron chi connectivity index (χ2n) is 8.78. The summed E-state index contributed by atoms with van der Waals surface area (Å²) in [4.78, 5) is 28.0. The van der Waals surface area contributed by atoms with Crippen LogP contribution in [0.1, 0.15) is 42.5 Å². The Bertz CT molecular complexity index is 1150. The molecule has 1 aromatic heterocycles. The van der Waals surface area contributed by atoms with E-state index in [1.54, 1.807) is 18.2 Å². The van der Waals surface area contributed by atoms with Crippen LogP contribution in [-0.2, 0) is 0 Å². The number of fused-ring (bicyclic) bond motifs is 2. The number of benzene rings is 2. The molecule has 0 unspecified atom stereocenters.